The van der Waals surface area contributed by atoms with E-state index >= 15 is 0 Å². The molecule has 1 saturated heterocycles. The predicted octanol–water partition coefficient (Wildman–Crippen LogP) is 3.88. The molecule has 1 heterocycles. The molecule has 1 fully saturated rings. The highest BCUT2D eigenvalue weighted by Gasteiger charge is 2.35. The van der Waals surface area contributed by atoms with E-state index < -0.39 is 10.2 Å². The number of carbonyl (C=O) groups is 1. The number of anilines is 1. The van der Waals surface area contributed by atoms with E-state index in [0.29, 0.717) is 44.1 Å². The molecule has 0 spiro atoms. The number of rotatable bonds is 10. The van der Waals surface area contributed by atoms with E-state index in [1.54, 1.807) is 24.3 Å². The monoisotopic (exact) mass is 463 g/mol. The van der Waals surface area contributed by atoms with Crippen molar-refractivity contribution in [1.82, 2.24) is 9.62 Å². The van der Waals surface area contributed by atoms with Gasteiger partial charge in [0.2, 0.25) is 5.91 Å². The highest BCUT2D eigenvalue weighted by atomic mass is 32.2. The molecule has 0 saturated carbocycles. The zero-order valence-corrected chi connectivity index (χ0v) is 20.2. The Balaban J connectivity index is 1.60. The summed E-state index contributed by atoms with van der Waals surface area (Å²) in [6.07, 6.45) is 9.35. The number of piperidine rings is 1. The summed E-state index contributed by atoms with van der Waals surface area (Å²) in [7, 11) is -3.72. The lowest BCUT2D eigenvalue weighted by Crippen LogP contribution is -2.50. The van der Waals surface area contributed by atoms with Crippen LogP contribution in [0.25, 0.3) is 0 Å². The van der Waals surface area contributed by atoms with Crippen molar-refractivity contribution < 1.29 is 17.9 Å². The van der Waals surface area contributed by atoms with E-state index in [-0.39, 0.29) is 18.4 Å². The van der Waals surface area contributed by atoms with Gasteiger partial charge in [-0.25, -0.2) is 0 Å². The molecule has 7 nitrogen and oxygen atoms in total. The minimum atomic E-state index is -3.72. The Morgan fingerprint density at radius 3 is 2.62 bits per heavy atom. The van der Waals surface area contributed by atoms with Crippen molar-refractivity contribution in [3.63, 3.8) is 0 Å². The molecule has 0 aromatic heterocycles. The number of allylic oxidation sites excluding steroid dienone is 1. The number of amides is 1. The smallest absolute Gasteiger partial charge is 0.304 e. The maximum Gasteiger partial charge on any atom is 0.304 e. The number of carbonyl (C=O) groups excluding carboxylic acids is 1. The Labute approximate surface area is 193 Å². The van der Waals surface area contributed by atoms with Gasteiger partial charge in [-0.1, -0.05) is 11.6 Å². The molecule has 178 valence electrons. The van der Waals surface area contributed by atoms with Crippen LogP contribution in [0.4, 0.5) is 5.69 Å². The number of benzene rings is 1. The molecular formula is C24H37N3O4S. The summed E-state index contributed by atoms with van der Waals surface area (Å²) >= 11 is 0. The molecule has 1 atom stereocenters. The van der Waals surface area contributed by atoms with Crippen LogP contribution < -0.4 is 14.4 Å². The first-order chi connectivity index (χ1) is 15.5. The third-order valence-electron chi connectivity index (χ3n) is 6.21. The van der Waals surface area contributed by atoms with Crippen molar-refractivity contribution in [2.75, 3.05) is 37.1 Å². The molecule has 1 aromatic rings. The van der Waals surface area contributed by atoms with Gasteiger partial charge in [-0.15, -0.1) is 0 Å². The van der Waals surface area contributed by atoms with E-state index in [2.05, 4.69) is 11.4 Å². The van der Waals surface area contributed by atoms with Crippen LogP contribution in [0, 0.1) is 5.92 Å². The molecule has 0 bridgehead atoms. The lowest BCUT2D eigenvalue weighted by atomic mass is 9.96. The number of nitrogens with one attached hydrogen (secondary N) is 1. The molecule has 32 heavy (non-hydrogen) atoms. The molecule has 1 N–H and O–H groups in total. The van der Waals surface area contributed by atoms with Crippen LogP contribution in [0.1, 0.15) is 58.8 Å². The Morgan fingerprint density at radius 2 is 1.97 bits per heavy atom. The normalized spacial score (nSPS) is 19.8. The average Bonchev–Trinajstić information content (AvgIpc) is 2.81. The van der Waals surface area contributed by atoms with Crippen molar-refractivity contribution in [3.05, 3.63) is 35.9 Å². The predicted molar refractivity (Wildman–Crippen MR) is 128 cm³/mol. The number of ether oxygens (including phenoxy) is 1. The second kappa shape index (κ2) is 11.7. The fourth-order valence-corrected chi connectivity index (χ4v) is 6.20. The molecule has 1 aliphatic heterocycles. The molecule has 8 heteroatoms. The topological polar surface area (TPSA) is 79.0 Å². The van der Waals surface area contributed by atoms with E-state index in [9.17, 15) is 13.2 Å². The van der Waals surface area contributed by atoms with Gasteiger partial charge in [0.05, 0.1) is 18.2 Å². The third-order valence-corrected chi connectivity index (χ3v) is 8.22. The van der Waals surface area contributed by atoms with E-state index in [1.165, 1.54) is 27.0 Å². The Morgan fingerprint density at radius 1 is 1.19 bits per heavy atom. The Kier molecular flexibility index (Phi) is 8.99. The summed E-state index contributed by atoms with van der Waals surface area (Å²) in [6, 6.07) is 7.09. The first-order valence-electron chi connectivity index (χ1n) is 11.9. The maximum absolute atomic E-state index is 13.4. The number of hydrogen-bond acceptors (Lipinski definition) is 4. The molecule has 1 unspecified atom stereocenters. The van der Waals surface area contributed by atoms with Crippen LogP contribution in [0.3, 0.4) is 0 Å². The zero-order valence-electron chi connectivity index (χ0n) is 19.4. The molecule has 2 aliphatic rings. The van der Waals surface area contributed by atoms with Gasteiger partial charge < -0.3 is 10.1 Å². The summed E-state index contributed by atoms with van der Waals surface area (Å²) in [5.41, 5.74) is 2.03. The second-order valence-corrected chi connectivity index (χ2v) is 10.3. The van der Waals surface area contributed by atoms with Crippen molar-refractivity contribution in [3.8, 4) is 5.75 Å². The second-order valence-electron chi connectivity index (χ2n) is 8.45. The molecular weight excluding hydrogens is 426 g/mol. The highest BCUT2D eigenvalue weighted by molar-refractivity contribution is 7.90. The molecule has 1 amide bonds. The number of hydrogen-bond donors (Lipinski definition) is 1. The first-order valence-corrected chi connectivity index (χ1v) is 13.3. The lowest BCUT2D eigenvalue weighted by Gasteiger charge is -2.35. The van der Waals surface area contributed by atoms with Gasteiger partial charge in [0.15, 0.2) is 0 Å². The van der Waals surface area contributed by atoms with Crippen LogP contribution in [0.5, 0.6) is 5.75 Å². The molecule has 0 radical (unpaired) electrons. The van der Waals surface area contributed by atoms with E-state index in [4.69, 9.17) is 4.74 Å². The largest absolute Gasteiger partial charge is 0.494 e. The Bertz CT molecular complexity index is 883. The minimum Gasteiger partial charge on any atom is -0.494 e. The van der Waals surface area contributed by atoms with Crippen LogP contribution in [0.2, 0.25) is 0 Å². The van der Waals surface area contributed by atoms with Crippen LogP contribution in [-0.4, -0.2) is 51.4 Å². The SMILES string of the molecule is CCOc1ccc(N(CC)S(=O)(=O)N2CCCC(C(=O)NCCC3=CCCCC3)C2)cc1. The van der Waals surface area contributed by atoms with Crippen molar-refractivity contribution in [2.24, 2.45) is 5.92 Å². The standard InChI is InChI=1S/C24H37N3O4S/c1-3-27(22-12-14-23(15-13-22)31-4-2)32(29,30)26-18-8-11-21(19-26)24(28)25-17-16-20-9-6-5-7-10-20/h9,12-15,21H,3-8,10-11,16-19H2,1-2H3,(H,25,28). The summed E-state index contributed by atoms with van der Waals surface area (Å²) in [5, 5.41) is 3.04. The van der Waals surface area contributed by atoms with Crippen LogP contribution >= 0.6 is 0 Å². The third kappa shape index (κ3) is 6.25. The van der Waals surface area contributed by atoms with Gasteiger partial charge in [0, 0.05) is 26.2 Å². The van der Waals surface area contributed by atoms with E-state index in [1.807, 2.05) is 13.8 Å². The summed E-state index contributed by atoms with van der Waals surface area (Å²) in [5.74, 6) is 0.367. The fraction of sp³-hybridized carbons (Fsp3) is 0.625. The number of nitrogens with zero attached hydrogens (tertiary/aromatic N) is 2. The minimum absolute atomic E-state index is 0.0366. The van der Waals surface area contributed by atoms with E-state index in [0.717, 1.165) is 25.7 Å². The molecule has 1 aromatic carbocycles. The fourth-order valence-electron chi connectivity index (χ4n) is 4.48. The van der Waals surface area contributed by atoms with Gasteiger partial charge in [-0.3, -0.25) is 9.10 Å². The summed E-state index contributed by atoms with van der Waals surface area (Å²) < 4.78 is 35.1. The van der Waals surface area contributed by atoms with Crippen molar-refractivity contribution in [1.29, 1.82) is 0 Å². The quantitative estimate of drug-likeness (QED) is 0.534. The van der Waals surface area contributed by atoms with Gasteiger partial charge in [0.25, 0.3) is 0 Å². The molecule has 3 rings (SSSR count). The zero-order chi connectivity index (χ0) is 23.0. The summed E-state index contributed by atoms with van der Waals surface area (Å²) in [6.45, 7) is 5.90. The van der Waals surface area contributed by atoms with Gasteiger partial charge in [0.1, 0.15) is 5.75 Å². The first kappa shape index (κ1) is 24.6. The molecule has 1 aliphatic carbocycles. The van der Waals surface area contributed by atoms with Crippen LogP contribution in [0.15, 0.2) is 35.9 Å². The average molecular weight is 464 g/mol. The summed E-state index contributed by atoms with van der Waals surface area (Å²) in [4.78, 5) is 12.7. The van der Waals surface area contributed by atoms with Crippen molar-refractivity contribution >= 4 is 21.8 Å². The maximum atomic E-state index is 13.4. The van der Waals surface area contributed by atoms with Gasteiger partial charge in [-0.2, -0.15) is 12.7 Å². The Hall–Kier alpha value is -2.06. The highest BCUT2D eigenvalue weighted by Crippen LogP contribution is 2.27. The van der Waals surface area contributed by atoms with Crippen LogP contribution in [-0.2, 0) is 15.0 Å². The van der Waals surface area contributed by atoms with Crippen molar-refractivity contribution in [2.45, 2.75) is 58.8 Å². The lowest BCUT2D eigenvalue weighted by molar-refractivity contribution is -0.126. The van der Waals surface area contributed by atoms with Gasteiger partial charge in [-0.05, 0) is 83.1 Å². The van der Waals surface area contributed by atoms with Gasteiger partial charge >= 0.3 is 10.2 Å².